The van der Waals surface area contributed by atoms with Gasteiger partial charge in [0, 0.05) is 24.8 Å². The molecule has 1 atom stereocenters. The molecule has 0 saturated carbocycles. The van der Waals surface area contributed by atoms with Gasteiger partial charge in [-0.1, -0.05) is 61.9 Å². The number of amides is 1. The van der Waals surface area contributed by atoms with Gasteiger partial charge >= 0.3 is 6.09 Å². The molecular formula is C26H30N4O3. The van der Waals surface area contributed by atoms with Crippen molar-refractivity contribution in [1.82, 2.24) is 20.0 Å². The van der Waals surface area contributed by atoms with Crippen LogP contribution in [-0.4, -0.2) is 38.5 Å². The molecule has 0 bridgehead atoms. The summed E-state index contributed by atoms with van der Waals surface area (Å²) >= 11 is 0. The molecule has 7 heteroatoms. The van der Waals surface area contributed by atoms with Crippen LogP contribution >= 0.6 is 0 Å². The van der Waals surface area contributed by atoms with Crippen molar-refractivity contribution in [2.75, 3.05) is 6.54 Å². The Hall–Kier alpha value is -3.61. The van der Waals surface area contributed by atoms with Crippen LogP contribution in [0.4, 0.5) is 4.79 Å². The third kappa shape index (κ3) is 5.61. The number of imidazole rings is 1. The average molecular weight is 447 g/mol. The van der Waals surface area contributed by atoms with Crippen LogP contribution in [0, 0.1) is 0 Å². The van der Waals surface area contributed by atoms with Crippen molar-refractivity contribution in [3.63, 3.8) is 0 Å². The number of para-hydroxylation sites is 1. The van der Waals surface area contributed by atoms with Gasteiger partial charge in [0.1, 0.15) is 23.0 Å². The smallest absolute Gasteiger partial charge is 0.404 e. The second-order valence-corrected chi connectivity index (χ2v) is 8.23. The standard InChI is InChI=1S/C26H30N4O3/c1-2-3-15-24-29-23-18-28-22-14-8-7-13-21(22)25(23)30(24)33-20(12-9-16-27-26(31)32)17-19-10-5-4-6-11-19/h4-8,10-11,13-14,18,20,27H,2-3,9,12,15-17H2,1H3,(H,31,32). The number of carboxylic acid groups (broad SMARTS) is 1. The number of benzene rings is 2. The second-order valence-electron chi connectivity index (χ2n) is 8.23. The molecule has 1 unspecified atom stereocenters. The highest BCUT2D eigenvalue weighted by Gasteiger charge is 2.20. The fourth-order valence-electron chi connectivity index (χ4n) is 4.07. The SMILES string of the molecule is CCCCc1nc2cnc3ccccc3c2n1OC(CCCNC(=O)O)Cc1ccccc1. The molecule has 4 rings (SSSR count). The molecule has 1 amide bonds. The number of pyridine rings is 1. The van der Waals surface area contributed by atoms with Crippen molar-refractivity contribution in [3.05, 3.63) is 72.2 Å². The van der Waals surface area contributed by atoms with Gasteiger partial charge in [-0.2, -0.15) is 4.73 Å². The highest BCUT2D eigenvalue weighted by Crippen LogP contribution is 2.25. The number of rotatable bonds is 11. The summed E-state index contributed by atoms with van der Waals surface area (Å²) in [5.41, 5.74) is 3.85. The monoisotopic (exact) mass is 446 g/mol. The Labute approximate surface area is 193 Å². The lowest BCUT2D eigenvalue weighted by molar-refractivity contribution is 0.0329. The van der Waals surface area contributed by atoms with Crippen molar-refractivity contribution in [2.24, 2.45) is 0 Å². The van der Waals surface area contributed by atoms with Crippen LogP contribution in [0.25, 0.3) is 21.9 Å². The Bertz CT molecular complexity index is 1210. The molecule has 0 saturated heterocycles. The summed E-state index contributed by atoms with van der Waals surface area (Å²) in [5.74, 6) is 0.895. The molecule has 172 valence electrons. The molecule has 33 heavy (non-hydrogen) atoms. The maximum atomic E-state index is 10.8. The predicted octanol–water partition coefficient (Wildman–Crippen LogP) is 5.01. The van der Waals surface area contributed by atoms with Crippen LogP contribution in [-0.2, 0) is 12.8 Å². The lowest BCUT2D eigenvalue weighted by Gasteiger charge is -2.22. The number of nitrogens with one attached hydrogen (secondary N) is 1. The zero-order valence-electron chi connectivity index (χ0n) is 18.9. The van der Waals surface area contributed by atoms with Gasteiger partial charge in [-0.25, -0.2) is 9.78 Å². The van der Waals surface area contributed by atoms with E-state index in [-0.39, 0.29) is 6.10 Å². The number of hydrogen-bond donors (Lipinski definition) is 2. The highest BCUT2D eigenvalue weighted by molar-refractivity contribution is 6.02. The van der Waals surface area contributed by atoms with Crippen LogP contribution in [0.2, 0.25) is 0 Å². The Balaban J connectivity index is 1.69. The van der Waals surface area contributed by atoms with Gasteiger partial charge < -0.3 is 15.3 Å². The third-order valence-electron chi connectivity index (χ3n) is 5.71. The summed E-state index contributed by atoms with van der Waals surface area (Å²) in [6.45, 7) is 2.56. The van der Waals surface area contributed by atoms with E-state index in [4.69, 9.17) is 14.9 Å². The van der Waals surface area contributed by atoms with E-state index in [1.54, 1.807) is 0 Å². The first-order chi connectivity index (χ1) is 16.2. The van der Waals surface area contributed by atoms with E-state index in [0.717, 1.165) is 53.4 Å². The molecule has 0 aliphatic carbocycles. The minimum Gasteiger partial charge on any atom is -0.465 e. The van der Waals surface area contributed by atoms with Gasteiger partial charge in [-0.3, -0.25) is 4.98 Å². The van der Waals surface area contributed by atoms with Crippen LogP contribution in [0.1, 0.15) is 44.0 Å². The summed E-state index contributed by atoms with van der Waals surface area (Å²) in [5, 5.41) is 12.4. The van der Waals surface area contributed by atoms with E-state index in [2.05, 4.69) is 35.4 Å². The third-order valence-corrected chi connectivity index (χ3v) is 5.71. The lowest BCUT2D eigenvalue weighted by Crippen LogP contribution is -2.30. The van der Waals surface area contributed by atoms with Crippen LogP contribution in [0.5, 0.6) is 0 Å². The first-order valence-corrected chi connectivity index (χ1v) is 11.6. The van der Waals surface area contributed by atoms with E-state index in [1.165, 1.54) is 5.56 Å². The topological polar surface area (TPSA) is 89.3 Å². The van der Waals surface area contributed by atoms with Crippen LogP contribution < -0.4 is 10.2 Å². The van der Waals surface area contributed by atoms with E-state index in [1.807, 2.05) is 47.3 Å². The number of aromatic nitrogens is 3. The maximum Gasteiger partial charge on any atom is 0.404 e. The van der Waals surface area contributed by atoms with Crippen LogP contribution in [0.3, 0.4) is 0 Å². The minimum absolute atomic E-state index is 0.132. The summed E-state index contributed by atoms with van der Waals surface area (Å²) in [4.78, 5) is 27.0. The molecule has 2 N–H and O–H groups in total. The summed E-state index contributed by atoms with van der Waals surface area (Å²) in [6, 6.07) is 18.3. The molecule has 0 fully saturated rings. The molecule has 0 aliphatic rings. The van der Waals surface area contributed by atoms with E-state index in [9.17, 15) is 4.79 Å². The van der Waals surface area contributed by atoms with Gasteiger partial charge in [0.05, 0.1) is 11.7 Å². The molecule has 7 nitrogen and oxygen atoms in total. The Morgan fingerprint density at radius 3 is 2.67 bits per heavy atom. The first-order valence-electron chi connectivity index (χ1n) is 11.6. The number of carbonyl (C=O) groups is 1. The van der Waals surface area contributed by atoms with Crippen molar-refractivity contribution in [1.29, 1.82) is 0 Å². The molecule has 2 heterocycles. The Morgan fingerprint density at radius 2 is 1.88 bits per heavy atom. The van der Waals surface area contributed by atoms with Gasteiger partial charge in [0.25, 0.3) is 0 Å². The van der Waals surface area contributed by atoms with Gasteiger partial charge in [-0.05, 0) is 30.9 Å². The van der Waals surface area contributed by atoms with E-state index >= 15 is 0 Å². The van der Waals surface area contributed by atoms with Crippen molar-refractivity contribution >= 4 is 28.0 Å². The zero-order chi connectivity index (χ0) is 23.0. The predicted molar refractivity (Wildman–Crippen MR) is 129 cm³/mol. The fraction of sp³-hybridized carbons (Fsp3) is 0.346. The highest BCUT2D eigenvalue weighted by atomic mass is 16.7. The van der Waals surface area contributed by atoms with E-state index in [0.29, 0.717) is 19.4 Å². The normalized spacial score (nSPS) is 12.2. The Morgan fingerprint density at radius 1 is 1.09 bits per heavy atom. The molecule has 0 spiro atoms. The van der Waals surface area contributed by atoms with Crippen molar-refractivity contribution in [3.8, 4) is 0 Å². The largest absolute Gasteiger partial charge is 0.465 e. The maximum absolute atomic E-state index is 10.8. The summed E-state index contributed by atoms with van der Waals surface area (Å²) in [7, 11) is 0. The van der Waals surface area contributed by atoms with Crippen molar-refractivity contribution < 1.29 is 14.7 Å². The average Bonchev–Trinajstić information content (AvgIpc) is 3.18. The molecule has 4 aromatic rings. The van der Waals surface area contributed by atoms with E-state index < -0.39 is 6.09 Å². The molecule has 0 radical (unpaired) electrons. The number of nitrogens with zero attached hydrogens (tertiary/aromatic N) is 3. The Kier molecular flexibility index (Phi) is 7.40. The zero-order valence-corrected chi connectivity index (χ0v) is 18.9. The van der Waals surface area contributed by atoms with Gasteiger partial charge in [-0.15, -0.1) is 0 Å². The van der Waals surface area contributed by atoms with Crippen LogP contribution in [0.15, 0.2) is 60.8 Å². The fourth-order valence-corrected chi connectivity index (χ4v) is 4.07. The molecule has 2 aromatic heterocycles. The number of fused-ring (bicyclic) bond motifs is 3. The summed E-state index contributed by atoms with van der Waals surface area (Å²) < 4.78 is 1.91. The first kappa shape index (κ1) is 22.6. The number of hydrogen-bond acceptors (Lipinski definition) is 4. The minimum atomic E-state index is -1.00. The number of unbranched alkanes of at least 4 members (excludes halogenated alkanes) is 1. The quantitative estimate of drug-likeness (QED) is 0.316. The summed E-state index contributed by atoms with van der Waals surface area (Å²) in [6.07, 6.45) is 5.71. The molecule has 0 aliphatic heterocycles. The van der Waals surface area contributed by atoms with Gasteiger partial charge in [0.15, 0.2) is 0 Å². The van der Waals surface area contributed by atoms with Crippen molar-refractivity contribution in [2.45, 2.75) is 51.6 Å². The second kappa shape index (κ2) is 10.8. The lowest BCUT2D eigenvalue weighted by atomic mass is 10.0. The number of aryl methyl sites for hydroxylation is 1. The molecular weight excluding hydrogens is 416 g/mol. The molecule has 2 aromatic carbocycles. The van der Waals surface area contributed by atoms with Gasteiger partial charge in [0.2, 0.25) is 0 Å².